The van der Waals surface area contributed by atoms with Crippen molar-refractivity contribution in [3.63, 3.8) is 0 Å². The summed E-state index contributed by atoms with van der Waals surface area (Å²) in [6.07, 6.45) is 10.6. The van der Waals surface area contributed by atoms with Gasteiger partial charge in [0, 0.05) is 32.5 Å². The third-order valence-corrected chi connectivity index (χ3v) is 6.87. The Kier molecular flexibility index (Phi) is 5.81. The summed E-state index contributed by atoms with van der Waals surface area (Å²) >= 11 is 0. The van der Waals surface area contributed by atoms with Gasteiger partial charge in [0.15, 0.2) is 11.4 Å². The molecule has 1 unspecified atom stereocenters. The van der Waals surface area contributed by atoms with Crippen LogP contribution in [0.25, 0.3) is 0 Å². The molecule has 1 aromatic heterocycles. The molecule has 0 spiro atoms. The Balaban J connectivity index is 1.68. The Morgan fingerprint density at radius 1 is 1.12 bits per heavy atom. The second-order valence-electron chi connectivity index (χ2n) is 8.81. The van der Waals surface area contributed by atoms with E-state index in [1.54, 1.807) is 22.9 Å². The van der Waals surface area contributed by atoms with Gasteiger partial charge in [-0.25, -0.2) is 0 Å². The zero-order valence-corrected chi connectivity index (χ0v) is 18.9. The standard InChI is InChI=1S/C26H29N3O4/c1-33-16-6-14-27-17-29(28-15-13-22(30)25(31)24(28)26(27)32)23-20-9-4-2-7-18(20)11-12-19-8-3-5-10-21(19)23/h2-4,7-9,13,15,23,31H,5-6,10-12,14,16-17H2,1H3. The summed E-state index contributed by atoms with van der Waals surface area (Å²) in [6, 6.07) is 9.72. The fourth-order valence-corrected chi connectivity index (χ4v) is 5.28. The minimum absolute atomic E-state index is 0.0291. The number of benzene rings is 1. The van der Waals surface area contributed by atoms with Crippen molar-refractivity contribution < 1.29 is 14.6 Å². The highest BCUT2D eigenvalue weighted by Crippen LogP contribution is 2.42. The first-order chi connectivity index (χ1) is 16.1. The number of hydrogen-bond acceptors (Lipinski definition) is 5. The van der Waals surface area contributed by atoms with Crippen LogP contribution in [0.1, 0.15) is 53.3 Å². The maximum absolute atomic E-state index is 13.3. The molecule has 0 saturated carbocycles. The smallest absolute Gasteiger partial charge is 0.277 e. The second kappa shape index (κ2) is 8.90. The number of carbonyl (C=O) groups is 1. The summed E-state index contributed by atoms with van der Waals surface area (Å²) in [4.78, 5) is 27.3. The summed E-state index contributed by atoms with van der Waals surface area (Å²) < 4.78 is 6.88. The molecule has 7 nitrogen and oxygen atoms in total. The van der Waals surface area contributed by atoms with E-state index >= 15 is 0 Å². The lowest BCUT2D eigenvalue weighted by Gasteiger charge is -2.45. The average Bonchev–Trinajstić information content (AvgIpc) is 3.00. The Morgan fingerprint density at radius 2 is 1.97 bits per heavy atom. The molecular formula is C26H29N3O4. The van der Waals surface area contributed by atoms with Gasteiger partial charge in [0.1, 0.15) is 6.67 Å². The number of aromatic nitrogens is 1. The minimum atomic E-state index is -0.546. The number of amides is 1. The predicted molar refractivity (Wildman–Crippen MR) is 126 cm³/mol. The van der Waals surface area contributed by atoms with Gasteiger partial charge < -0.3 is 14.7 Å². The van der Waals surface area contributed by atoms with Gasteiger partial charge in [-0.2, -0.15) is 0 Å². The second-order valence-corrected chi connectivity index (χ2v) is 8.81. The van der Waals surface area contributed by atoms with Gasteiger partial charge in [0.2, 0.25) is 5.43 Å². The highest BCUT2D eigenvalue weighted by Gasteiger charge is 2.38. The Hall–Kier alpha value is -3.32. The molecule has 2 heterocycles. The van der Waals surface area contributed by atoms with Gasteiger partial charge in [-0.05, 0) is 54.4 Å². The van der Waals surface area contributed by atoms with Crippen molar-refractivity contribution in [3.8, 4) is 5.75 Å². The van der Waals surface area contributed by atoms with Crippen LogP contribution in [-0.4, -0.2) is 47.5 Å². The van der Waals surface area contributed by atoms with Crippen LogP contribution in [0.15, 0.2) is 64.6 Å². The van der Waals surface area contributed by atoms with Gasteiger partial charge in [-0.1, -0.05) is 36.4 Å². The van der Waals surface area contributed by atoms with Crippen LogP contribution < -0.4 is 10.4 Å². The van der Waals surface area contributed by atoms with Crippen LogP contribution in [-0.2, 0) is 11.2 Å². The zero-order valence-electron chi connectivity index (χ0n) is 18.9. The van der Waals surface area contributed by atoms with E-state index < -0.39 is 11.2 Å². The highest BCUT2D eigenvalue weighted by molar-refractivity contribution is 5.96. The van der Waals surface area contributed by atoms with E-state index in [2.05, 4.69) is 41.4 Å². The lowest BCUT2D eigenvalue weighted by Crippen LogP contribution is -2.56. The molecule has 33 heavy (non-hydrogen) atoms. The Bertz CT molecular complexity index is 1200. The van der Waals surface area contributed by atoms with Crippen LogP contribution in [0, 0.1) is 0 Å². The number of ether oxygens (including phenoxy) is 1. The Morgan fingerprint density at radius 3 is 2.82 bits per heavy atom. The van der Waals surface area contributed by atoms with Crippen LogP contribution >= 0.6 is 0 Å². The molecule has 0 bridgehead atoms. The maximum Gasteiger partial charge on any atom is 0.277 e. The third-order valence-electron chi connectivity index (χ3n) is 6.87. The first kappa shape index (κ1) is 21.5. The highest BCUT2D eigenvalue weighted by atomic mass is 16.5. The number of allylic oxidation sites excluding steroid dienone is 3. The van der Waals surface area contributed by atoms with Crippen LogP contribution in [0.4, 0.5) is 0 Å². The van der Waals surface area contributed by atoms with Crippen molar-refractivity contribution in [3.05, 3.63) is 86.9 Å². The van der Waals surface area contributed by atoms with E-state index in [1.807, 2.05) is 0 Å². The van der Waals surface area contributed by atoms with Crippen molar-refractivity contribution in [2.45, 2.75) is 38.1 Å². The maximum atomic E-state index is 13.3. The number of aromatic hydroxyl groups is 1. The summed E-state index contributed by atoms with van der Waals surface area (Å²) in [5.74, 6) is -0.833. The molecule has 0 fully saturated rings. The molecule has 1 N–H and O–H groups in total. The molecule has 0 saturated heterocycles. The number of hydrogen-bond donors (Lipinski definition) is 1. The number of fused-ring (bicyclic) bond motifs is 2. The molecular weight excluding hydrogens is 418 g/mol. The first-order valence-corrected chi connectivity index (χ1v) is 11.6. The number of rotatable bonds is 5. The molecule has 5 rings (SSSR count). The van der Waals surface area contributed by atoms with Gasteiger partial charge in [0.05, 0.1) is 6.04 Å². The molecule has 2 aliphatic carbocycles. The zero-order chi connectivity index (χ0) is 22.9. The molecule has 7 heteroatoms. The fraction of sp³-hybridized carbons (Fsp3) is 0.385. The fourth-order valence-electron chi connectivity index (χ4n) is 5.28. The van der Waals surface area contributed by atoms with Crippen molar-refractivity contribution in [1.29, 1.82) is 0 Å². The van der Waals surface area contributed by atoms with Crippen molar-refractivity contribution >= 4 is 5.91 Å². The predicted octanol–water partition coefficient (Wildman–Crippen LogP) is 3.28. The molecule has 0 radical (unpaired) electrons. The number of carbonyl (C=O) groups excluding carboxylic acids is 1. The third kappa shape index (κ3) is 3.76. The lowest BCUT2D eigenvalue weighted by molar-refractivity contribution is 0.0658. The van der Waals surface area contributed by atoms with Crippen molar-refractivity contribution in [1.82, 2.24) is 9.58 Å². The van der Waals surface area contributed by atoms with E-state index in [1.165, 1.54) is 28.3 Å². The summed E-state index contributed by atoms with van der Waals surface area (Å²) in [5, 5.41) is 12.8. The molecule has 3 aliphatic rings. The number of pyridine rings is 1. The van der Waals surface area contributed by atoms with Crippen LogP contribution in [0.2, 0.25) is 0 Å². The lowest BCUT2D eigenvalue weighted by atomic mass is 9.88. The summed E-state index contributed by atoms with van der Waals surface area (Å²) in [5.41, 5.74) is 4.68. The van der Waals surface area contributed by atoms with E-state index in [0.29, 0.717) is 26.2 Å². The molecule has 1 aliphatic heterocycles. The SMILES string of the molecule is COCCCN1CN(C2C3=C(C=CCC3)CCc3ccccc32)n2ccc(=O)c(O)c2C1=O. The summed E-state index contributed by atoms with van der Waals surface area (Å²) in [7, 11) is 1.64. The molecule has 172 valence electrons. The molecule has 1 aromatic carbocycles. The van der Waals surface area contributed by atoms with Gasteiger partial charge in [-0.15, -0.1) is 0 Å². The minimum Gasteiger partial charge on any atom is -0.502 e. The van der Waals surface area contributed by atoms with E-state index in [0.717, 1.165) is 25.7 Å². The van der Waals surface area contributed by atoms with Crippen molar-refractivity contribution in [2.24, 2.45) is 0 Å². The van der Waals surface area contributed by atoms with Gasteiger partial charge in [-0.3, -0.25) is 19.3 Å². The van der Waals surface area contributed by atoms with Crippen LogP contribution in [0.5, 0.6) is 5.75 Å². The van der Waals surface area contributed by atoms with Gasteiger partial charge >= 0.3 is 0 Å². The monoisotopic (exact) mass is 447 g/mol. The number of aryl methyl sites for hydroxylation is 1. The van der Waals surface area contributed by atoms with E-state index in [-0.39, 0.29) is 17.6 Å². The van der Waals surface area contributed by atoms with E-state index in [9.17, 15) is 14.7 Å². The van der Waals surface area contributed by atoms with Gasteiger partial charge in [0.25, 0.3) is 5.91 Å². The molecule has 1 atom stereocenters. The largest absolute Gasteiger partial charge is 0.502 e. The number of nitrogens with zero attached hydrogens (tertiary/aromatic N) is 3. The Labute approximate surface area is 193 Å². The molecule has 2 aromatic rings. The summed E-state index contributed by atoms with van der Waals surface area (Å²) in [6.45, 7) is 1.37. The van der Waals surface area contributed by atoms with Crippen molar-refractivity contribution in [2.75, 3.05) is 31.9 Å². The normalized spacial score (nSPS) is 19.8. The van der Waals surface area contributed by atoms with E-state index in [4.69, 9.17) is 4.74 Å². The van der Waals surface area contributed by atoms with Crippen LogP contribution in [0.3, 0.4) is 0 Å². The average molecular weight is 448 g/mol. The molecule has 1 amide bonds. The number of methoxy groups -OCH3 is 1. The topological polar surface area (TPSA) is 75.0 Å². The first-order valence-electron chi connectivity index (χ1n) is 11.6. The quantitative estimate of drug-likeness (QED) is 0.712.